The molecule has 1 aliphatic heterocycles. The lowest BCUT2D eigenvalue weighted by molar-refractivity contribution is 0.378. The number of benzene rings is 1. The zero-order valence-electron chi connectivity index (χ0n) is 11.3. The number of nitrogens with zero attached hydrogens (tertiary/aromatic N) is 1. The van der Waals surface area contributed by atoms with Crippen molar-refractivity contribution in [1.29, 1.82) is 0 Å². The minimum atomic E-state index is 0.640. The first kappa shape index (κ1) is 13.9. The van der Waals surface area contributed by atoms with Gasteiger partial charge in [0.1, 0.15) is 0 Å². The van der Waals surface area contributed by atoms with Gasteiger partial charge in [-0.15, -0.1) is 0 Å². The molecule has 1 heterocycles. The van der Waals surface area contributed by atoms with E-state index in [9.17, 15) is 0 Å². The van der Waals surface area contributed by atoms with Gasteiger partial charge in [-0.1, -0.05) is 28.9 Å². The Morgan fingerprint density at radius 1 is 1.39 bits per heavy atom. The zero-order chi connectivity index (χ0) is 13.1. The van der Waals surface area contributed by atoms with Crippen LogP contribution in [-0.2, 0) is 6.42 Å². The third-order valence-electron chi connectivity index (χ3n) is 3.92. The molecule has 1 fully saturated rings. The number of rotatable bonds is 3. The van der Waals surface area contributed by atoms with Gasteiger partial charge in [-0.2, -0.15) is 0 Å². The fraction of sp³-hybridized carbons (Fsp3) is 0.600. The predicted molar refractivity (Wildman–Crippen MR) is 82.1 cm³/mol. The summed E-state index contributed by atoms with van der Waals surface area (Å²) in [4.78, 5) is 2.52. The first-order valence-corrected chi connectivity index (χ1v) is 7.66. The normalized spacial score (nSPS) is 24.3. The summed E-state index contributed by atoms with van der Waals surface area (Å²) in [6.07, 6.45) is 3.53. The molecule has 1 aromatic carbocycles. The van der Waals surface area contributed by atoms with E-state index in [1.54, 1.807) is 0 Å². The van der Waals surface area contributed by atoms with Crippen molar-refractivity contribution in [3.05, 3.63) is 28.2 Å². The second-order valence-electron chi connectivity index (χ2n) is 5.49. The van der Waals surface area contributed by atoms with Crippen molar-refractivity contribution < 1.29 is 0 Å². The van der Waals surface area contributed by atoms with Crippen molar-refractivity contribution in [2.24, 2.45) is 11.7 Å². The molecule has 100 valence electrons. The summed E-state index contributed by atoms with van der Waals surface area (Å²) >= 11 is 3.66. The highest BCUT2D eigenvalue weighted by molar-refractivity contribution is 9.10. The molecule has 0 radical (unpaired) electrons. The standard InChI is InChI=1S/C15H23BrN2/c1-11-6-8-18(12(2)9-11)14-4-3-13(5-7-17)15(16)10-14/h3-4,10-12H,5-9,17H2,1-2H3. The van der Waals surface area contributed by atoms with Crippen LogP contribution in [0.25, 0.3) is 0 Å². The number of hydrogen-bond donors (Lipinski definition) is 1. The molecule has 0 saturated carbocycles. The van der Waals surface area contributed by atoms with Gasteiger partial charge in [-0.05, 0) is 56.3 Å². The van der Waals surface area contributed by atoms with E-state index < -0.39 is 0 Å². The third kappa shape index (κ3) is 3.07. The molecule has 2 unspecified atom stereocenters. The molecule has 2 rings (SSSR count). The Hall–Kier alpha value is -0.540. The maximum absolute atomic E-state index is 5.62. The van der Waals surface area contributed by atoms with Gasteiger partial charge in [0, 0.05) is 22.7 Å². The molecule has 0 amide bonds. The molecule has 1 aliphatic rings. The first-order chi connectivity index (χ1) is 8.61. The van der Waals surface area contributed by atoms with E-state index in [-0.39, 0.29) is 0 Å². The van der Waals surface area contributed by atoms with E-state index in [2.05, 4.69) is 52.9 Å². The Kier molecular flexibility index (Phi) is 4.68. The Bertz CT molecular complexity index is 405. The van der Waals surface area contributed by atoms with Crippen LogP contribution < -0.4 is 10.6 Å². The number of piperidine rings is 1. The molecule has 3 heteroatoms. The molecule has 18 heavy (non-hydrogen) atoms. The second kappa shape index (κ2) is 6.07. The summed E-state index contributed by atoms with van der Waals surface area (Å²) in [6, 6.07) is 7.33. The van der Waals surface area contributed by atoms with Crippen LogP contribution in [0.15, 0.2) is 22.7 Å². The van der Waals surface area contributed by atoms with Gasteiger partial charge in [0.15, 0.2) is 0 Å². The van der Waals surface area contributed by atoms with Crippen molar-refractivity contribution in [2.75, 3.05) is 18.0 Å². The van der Waals surface area contributed by atoms with Crippen LogP contribution in [0.3, 0.4) is 0 Å². The number of nitrogens with two attached hydrogens (primary N) is 1. The molecule has 0 spiro atoms. The minimum absolute atomic E-state index is 0.640. The molecular weight excluding hydrogens is 288 g/mol. The lowest BCUT2D eigenvalue weighted by Crippen LogP contribution is -2.40. The van der Waals surface area contributed by atoms with E-state index in [1.807, 2.05) is 0 Å². The first-order valence-electron chi connectivity index (χ1n) is 6.87. The van der Waals surface area contributed by atoms with E-state index in [4.69, 9.17) is 5.73 Å². The van der Waals surface area contributed by atoms with Gasteiger partial charge in [0.05, 0.1) is 0 Å². The molecule has 0 bridgehead atoms. The summed E-state index contributed by atoms with van der Waals surface area (Å²) < 4.78 is 1.19. The Balaban J connectivity index is 2.16. The lowest BCUT2D eigenvalue weighted by atomic mass is 9.93. The molecule has 2 N–H and O–H groups in total. The topological polar surface area (TPSA) is 29.3 Å². The number of halogens is 1. The average molecular weight is 311 g/mol. The lowest BCUT2D eigenvalue weighted by Gasteiger charge is -2.38. The van der Waals surface area contributed by atoms with Gasteiger partial charge < -0.3 is 10.6 Å². The van der Waals surface area contributed by atoms with Crippen LogP contribution >= 0.6 is 15.9 Å². The van der Waals surface area contributed by atoms with Gasteiger partial charge >= 0.3 is 0 Å². The summed E-state index contributed by atoms with van der Waals surface area (Å²) in [7, 11) is 0. The van der Waals surface area contributed by atoms with Crippen LogP contribution in [0.4, 0.5) is 5.69 Å². The van der Waals surface area contributed by atoms with Crippen LogP contribution in [0.2, 0.25) is 0 Å². The van der Waals surface area contributed by atoms with Crippen molar-refractivity contribution in [1.82, 2.24) is 0 Å². The fourth-order valence-electron chi connectivity index (χ4n) is 2.86. The Morgan fingerprint density at radius 3 is 2.78 bits per heavy atom. The largest absolute Gasteiger partial charge is 0.369 e. The van der Waals surface area contributed by atoms with Crippen molar-refractivity contribution in [2.45, 2.75) is 39.2 Å². The van der Waals surface area contributed by atoms with E-state index in [1.165, 1.54) is 35.1 Å². The molecular formula is C15H23BrN2. The Labute approximate surface area is 119 Å². The summed E-state index contributed by atoms with van der Waals surface area (Å²) in [5, 5.41) is 0. The SMILES string of the molecule is CC1CCN(c2ccc(CCN)c(Br)c2)C(C)C1. The van der Waals surface area contributed by atoms with Gasteiger partial charge in [-0.25, -0.2) is 0 Å². The quantitative estimate of drug-likeness (QED) is 0.924. The zero-order valence-corrected chi connectivity index (χ0v) is 12.9. The Morgan fingerprint density at radius 2 is 2.17 bits per heavy atom. The smallest absolute Gasteiger partial charge is 0.0380 e. The minimum Gasteiger partial charge on any atom is -0.369 e. The molecule has 2 atom stereocenters. The highest BCUT2D eigenvalue weighted by Crippen LogP contribution is 2.30. The summed E-state index contributed by atoms with van der Waals surface area (Å²) in [5.41, 5.74) is 8.26. The van der Waals surface area contributed by atoms with Gasteiger partial charge in [0.2, 0.25) is 0 Å². The van der Waals surface area contributed by atoms with Crippen LogP contribution in [-0.4, -0.2) is 19.1 Å². The van der Waals surface area contributed by atoms with Crippen molar-refractivity contribution >= 4 is 21.6 Å². The van der Waals surface area contributed by atoms with Crippen LogP contribution in [0, 0.1) is 5.92 Å². The van der Waals surface area contributed by atoms with E-state index in [0.717, 1.165) is 12.3 Å². The molecule has 2 nitrogen and oxygen atoms in total. The summed E-state index contributed by atoms with van der Waals surface area (Å²) in [5.74, 6) is 0.858. The fourth-order valence-corrected chi connectivity index (χ4v) is 3.43. The molecule has 0 aliphatic carbocycles. The van der Waals surface area contributed by atoms with Gasteiger partial charge in [-0.3, -0.25) is 0 Å². The highest BCUT2D eigenvalue weighted by Gasteiger charge is 2.23. The summed E-state index contributed by atoms with van der Waals surface area (Å²) in [6.45, 7) is 6.56. The second-order valence-corrected chi connectivity index (χ2v) is 6.34. The molecule has 0 aromatic heterocycles. The predicted octanol–water partition coefficient (Wildman–Crippen LogP) is 3.58. The van der Waals surface area contributed by atoms with E-state index in [0.29, 0.717) is 12.6 Å². The average Bonchev–Trinajstić information content (AvgIpc) is 2.32. The van der Waals surface area contributed by atoms with Crippen molar-refractivity contribution in [3.8, 4) is 0 Å². The number of hydrogen-bond acceptors (Lipinski definition) is 2. The molecule has 1 saturated heterocycles. The highest BCUT2D eigenvalue weighted by atomic mass is 79.9. The van der Waals surface area contributed by atoms with Crippen LogP contribution in [0.5, 0.6) is 0 Å². The maximum atomic E-state index is 5.62. The third-order valence-corrected chi connectivity index (χ3v) is 4.66. The number of anilines is 1. The maximum Gasteiger partial charge on any atom is 0.0380 e. The van der Waals surface area contributed by atoms with E-state index >= 15 is 0 Å². The van der Waals surface area contributed by atoms with Gasteiger partial charge in [0.25, 0.3) is 0 Å². The monoisotopic (exact) mass is 310 g/mol. The van der Waals surface area contributed by atoms with Crippen LogP contribution in [0.1, 0.15) is 32.3 Å². The van der Waals surface area contributed by atoms with Crippen molar-refractivity contribution in [3.63, 3.8) is 0 Å². The molecule has 1 aromatic rings.